The van der Waals surface area contributed by atoms with E-state index in [4.69, 9.17) is 5.11 Å². The molecule has 86 valence electrons. The highest BCUT2D eigenvalue weighted by atomic mass is 32.2. The number of aromatic nitrogens is 2. The van der Waals surface area contributed by atoms with E-state index >= 15 is 0 Å². The number of thioether (sulfide) groups is 1. The molecule has 1 aliphatic rings. The molecule has 0 aromatic carbocycles. The van der Waals surface area contributed by atoms with Crippen molar-refractivity contribution in [1.82, 2.24) is 9.97 Å². The molecular weight excluding hydrogens is 224 g/mol. The molecular formula is C11H14N2O2S. The Morgan fingerprint density at radius 2 is 2.38 bits per heavy atom. The summed E-state index contributed by atoms with van der Waals surface area (Å²) in [6.45, 7) is 0. The van der Waals surface area contributed by atoms with Crippen molar-refractivity contribution in [3.8, 4) is 0 Å². The van der Waals surface area contributed by atoms with E-state index in [2.05, 4.69) is 9.97 Å². The van der Waals surface area contributed by atoms with Crippen LogP contribution in [0.25, 0.3) is 0 Å². The summed E-state index contributed by atoms with van der Waals surface area (Å²) >= 11 is 1.52. The number of carbonyl (C=O) groups is 1. The summed E-state index contributed by atoms with van der Waals surface area (Å²) in [6.07, 6.45) is 6.77. The first-order valence-electron chi connectivity index (χ1n) is 5.32. The summed E-state index contributed by atoms with van der Waals surface area (Å²) in [6, 6.07) is 0. The maximum Gasteiger partial charge on any atom is 0.303 e. The standard InChI is InChI=1S/C11H14N2O2S/c1-16-11-12-6-8(4-5-9(14)15)10(13-11)7-2-3-7/h6-7H,2-5H2,1H3,(H,14,15). The highest BCUT2D eigenvalue weighted by molar-refractivity contribution is 7.98. The lowest BCUT2D eigenvalue weighted by molar-refractivity contribution is -0.136. The van der Waals surface area contributed by atoms with Crippen LogP contribution >= 0.6 is 11.8 Å². The quantitative estimate of drug-likeness (QED) is 0.628. The third-order valence-electron chi connectivity index (χ3n) is 2.63. The second kappa shape index (κ2) is 4.82. The van der Waals surface area contributed by atoms with Gasteiger partial charge in [0.15, 0.2) is 5.16 Å². The fourth-order valence-corrected chi connectivity index (χ4v) is 1.99. The highest BCUT2D eigenvalue weighted by Crippen LogP contribution is 2.41. The number of aryl methyl sites for hydroxylation is 1. The van der Waals surface area contributed by atoms with Gasteiger partial charge >= 0.3 is 5.97 Å². The third kappa shape index (κ3) is 2.72. The van der Waals surface area contributed by atoms with Crippen molar-refractivity contribution in [3.05, 3.63) is 17.5 Å². The summed E-state index contributed by atoms with van der Waals surface area (Å²) in [7, 11) is 0. The number of hydrogen-bond acceptors (Lipinski definition) is 4. The Balaban J connectivity index is 2.18. The van der Waals surface area contributed by atoms with Gasteiger partial charge in [-0.2, -0.15) is 0 Å². The number of carboxylic acids is 1. The van der Waals surface area contributed by atoms with Gasteiger partial charge in [-0.05, 0) is 31.1 Å². The summed E-state index contributed by atoms with van der Waals surface area (Å²) in [5.74, 6) is -0.228. The molecule has 1 aromatic heterocycles. The zero-order chi connectivity index (χ0) is 11.5. The molecule has 0 aliphatic heterocycles. The monoisotopic (exact) mass is 238 g/mol. The molecule has 1 heterocycles. The van der Waals surface area contributed by atoms with Crippen molar-refractivity contribution in [2.24, 2.45) is 0 Å². The Morgan fingerprint density at radius 3 is 2.94 bits per heavy atom. The first-order valence-corrected chi connectivity index (χ1v) is 6.54. The Hall–Kier alpha value is -1.10. The lowest BCUT2D eigenvalue weighted by Gasteiger charge is -2.07. The van der Waals surface area contributed by atoms with Crippen molar-refractivity contribution in [3.63, 3.8) is 0 Å². The number of nitrogens with zero attached hydrogens (tertiary/aromatic N) is 2. The van der Waals surface area contributed by atoms with Gasteiger partial charge in [-0.1, -0.05) is 11.8 Å². The fraction of sp³-hybridized carbons (Fsp3) is 0.545. The van der Waals surface area contributed by atoms with Crippen LogP contribution < -0.4 is 0 Å². The minimum absolute atomic E-state index is 0.154. The van der Waals surface area contributed by atoms with Gasteiger partial charge in [0.05, 0.1) is 5.69 Å². The summed E-state index contributed by atoms with van der Waals surface area (Å²) in [5.41, 5.74) is 2.07. The molecule has 1 aliphatic carbocycles. The molecule has 0 amide bonds. The minimum atomic E-state index is -0.768. The molecule has 1 N–H and O–H groups in total. The number of aliphatic carboxylic acids is 1. The molecule has 1 fully saturated rings. The maximum atomic E-state index is 10.5. The van der Waals surface area contributed by atoms with Crippen molar-refractivity contribution < 1.29 is 9.90 Å². The van der Waals surface area contributed by atoms with Crippen LogP contribution in [-0.2, 0) is 11.2 Å². The normalized spacial score (nSPS) is 15.1. The molecule has 0 spiro atoms. The number of rotatable bonds is 5. The van der Waals surface area contributed by atoms with E-state index in [9.17, 15) is 4.79 Å². The van der Waals surface area contributed by atoms with Gasteiger partial charge in [-0.3, -0.25) is 4.79 Å². The van der Waals surface area contributed by atoms with E-state index in [-0.39, 0.29) is 6.42 Å². The topological polar surface area (TPSA) is 63.1 Å². The Bertz CT molecular complexity index is 405. The molecule has 0 bridgehead atoms. The van der Waals surface area contributed by atoms with Crippen LogP contribution in [0.3, 0.4) is 0 Å². The van der Waals surface area contributed by atoms with E-state index in [0.717, 1.165) is 16.4 Å². The lowest BCUT2D eigenvalue weighted by Crippen LogP contribution is -2.03. The van der Waals surface area contributed by atoms with Crippen LogP contribution in [0.2, 0.25) is 0 Å². The molecule has 4 nitrogen and oxygen atoms in total. The van der Waals surface area contributed by atoms with Gasteiger partial charge in [0.2, 0.25) is 0 Å². The molecule has 0 atom stereocenters. The summed E-state index contributed by atoms with van der Waals surface area (Å²) in [4.78, 5) is 19.2. The lowest BCUT2D eigenvalue weighted by atomic mass is 10.1. The fourth-order valence-electron chi connectivity index (χ4n) is 1.65. The molecule has 0 saturated heterocycles. The zero-order valence-corrected chi connectivity index (χ0v) is 9.96. The SMILES string of the molecule is CSc1ncc(CCC(=O)O)c(C2CC2)n1. The summed E-state index contributed by atoms with van der Waals surface area (Å²) in [5, 5.41) is 9.45. The molecule has 5 heteroatoms. The van der Waals surface area contributed by atoms with Gasteiger partial charge in [0, 0.05) is 18.5 Å². The second-order valence-electron chi connectivity index (χ2n) is 3.94. The minimum Gasteiger partial charge on any atom is -0.481 e. The highest BCUT2D eigenvalue weighted by Gasteiger charge is 2.28. The van der Waals surface area contributed by atoms with Crippen LogP contribution in [0.15, 0.2) is 11.4 Å². The molecule has 0 radical (unpaired) electrons. The Labute approximate surface area is 98.5 Å². The predicted molar refractivity (Wildman–Crippen MR) is 61.7 cm³/mol. The van der Waals surface area contributed by atoms with E-state index in [1.165, 1.54) is 24.6 Å². The second-order valence-corrected chi connectivity index (χ2v) is 4.71. The summed E-state index contributed by atoms with van der Waals surface area (Å²) < 4.78 is 0. The van der Waals surface area contributed by atoms with Crippen molar-refractivity contribution in [2.45, 2.75) is 36.8 Å². The van der Waals surface area contributed by atoms with E-state index in [1.807, 2.05) is 6.26 Å². The number of hydrogen-bond donors (Lipinski definition) is 1. The van der Waals surface area contributed by atoms with Crippen molar-refractivity contribution >= 4 is 17.7 Å². The molecule has 0 unspecified atom stereocenters. The smallest absolute Gasteiger partial charge is 0.303 e. The van der Waals surface area contributed by atoms with Gasteiger partial charge in [-0.25, -0.2) is 9.97 Å². The Kier molecular flexibility index (Phi) is 3.43. The van der Waals surface area contributed by atoms with Gasteiger partial charge < -0.3 is 5.11 Å². The van der Waals surface area contributed by atoms with Crippen LogP contribution in [0.4, 0.5) is 0 Å². The van der Waals surface area contributed by atoms with Gasteiger partial charge in [0.25, 0.3) is 0 Å². The molecule has 16 heavy (non-hydrogen) atoms. The van der Waals surface area contributed by atoms with E-state index in [0.29, 0.717) is 12.3 Å². The van der Waals surface area contributed by atoms with Crippen LogP contribution in [0, 0.1) is 0 Å². The first kappa shape index (κ1) is 11.4. The average Bonchev–Trinajstić information content (AvgIpc) is 3.10. The van der Waals surface area contributed by atoms with Gasteiger partial charge in [-0.15, -0.1) is 0 Å². The Morgan fingerprint density at radius 1 is 1.62 bits per heavy atom. The van der Waals surface area contributed by atoms with Crippen LogP contribution in [0.5, 0.6) is 0 Å². The van der Waals surface area contributed by atoms with Crippen molar-refractivity contribution in [1.29, 1.82) is 0 Å². The maximum absolute atomic E-state index is 10.5. The van der Waals surface area contributed by atoms with E-state index < -0.39 is 5.97 Å². The van der Waals surface area contributed by atoms with Crippen molar-refractivity contribution in [2.75, 3.05) is 6.26 Å². The first-order chi connectivity index (χ1) is 7.70. The van der Waals surface area contributed by atoms with Crippen LogP contribution in [-0.4, -0.2) is 27.3 Å². The molecule has 1 aromatic rings. The third-order valence-corrected chi connectivity index (χ3v) is 3.19. The van der Waals surface area contributed by atoms with Gasteiger partial charge in [0.1, 0.15) is 0 Å². The molecule has 2 rings (SSSR count). The van der Waals surface area contributed by atoms with E-state index in [1.54, 1.807) is 6.20 Å². The average molecular weight is 238 g/mol. The van der Waals surface area contributed by atoms with Crippen LogP contribution in [0.1, 0.15) is 36.4 Å². The predicted octanol–water partition coefficient (Wildman–Crippen LogP) is 2.09. The zero-order valence-electron chi connectivity index (χ0n) is 9.14. The largest absolute Gasteiger partial charge is 0.481 e. The molecule has 1 saturated carbocycles. The number of carboxylic acid groups (broad SMARTS) is 1.